The number of hydrogen-bond acceptors (Lipinski definition) is 8. The molecule has 0 aliphatic carbocycles. The van der Waals surface area contributed by atoms with E-state index in [0.29, 0.717) is 6.61 Å². The number of fused-ring (bicyclic) bond motifs is 3. The van der Waals surface area contributed by atoms with Crippen LogP contribution in [0.25, 0.3) is 32.7 Å². The van der Waals surface area contributed by atoms with E-state index in [-0.39, 0.29) is 10.5 Å². The molecule has 0 saturated heterocycles. The van der Waals surface area contributed by atoms with Crippen LogP contribution in [0.2, 0.25) is 0 Å². The Morgan fingerprint density at radius 2 is 1.10 bits per heavy atom. The Kier molecular flexibility index (Phi) is 18.1. The van der Waals surface area contributed by atoms with Gasteiger partial charge in [-0.3, -0.25) is 0 Å². The first-order valence-electron chi connectivity index (χ1n) is 20.9. The molecule has 1 atom stereocenters. The van der Waals surface area contributed by atoms with Crippen LogP contribution in [0.15, 0.2) is 161 Å². The van der Waals surface area contributed by atoms with Crippen molar-refractivity contribution in [3.8, 4) is 5.75 Å². The van der Waals surface area contributed by atoms with Crippen LogP contribution in [0.5, 0.6) is 5.75 Å². The van der Waals surface area contributed by atoms with Crippen LogP contribution in [0.4, 0.5) is 17.5 Å². The summed E-state index contributed by atoms with van der Waals surface area (Å²) in [7, 11) is 0.0772. The molecule has 0 spiro atoms. The van der Waals surface area contributed by atoms with E-state index in [1.807, 2.05) is 48.5 Å². The highest BCUT2D eigenvalue weighted by Crippen LogP contribution is 2.28. The van der Waals surface area contributed by atoms with Gasteiger partial charge in [0.1, 0.15) is 23.2 Å². The van der Waals surface area contributed by atoms with E-state index < -0.39 is 0 Å². The third-order valence-electron chi connectivity index (χ3n) is 9.53. The Bertz CT molecular complexity index is 2610. The van der Waals surface area contributed by atoms with Crippen molar-refractivity contribution in [3.63, 3.8) is 0 Å². The number of aryl methyl sites for hydroxylation is 1. The van der Waals surface area contributed by atoms with Crippen LogP contribution in [-0.4, -0.2) is 58.6 Å². The predicted molar refractivity (Wildman–Crippen MR) is 276 cm³/mol. The van der Waals surface area contributed by atoms with Gasteiger partial charge in [-0.05, 0) is 159 Å². The maximum atomic E-state index is 5.96. The zero-order valence-corrected chi connectivity index (χ0v) is 39.0. The summed E-state index contributed by atoms with van der Waals surface area (Å²) in [5, 5.41) is 13.3. The van der Waals surface area contributed by atoms with E-state index in [9.17, 15) is 0 Å². The molecule has 0 saturated carbocycles. The molecular weight excluding hydrogens is 904 g/mol. The van der Waals surface area contributed by atoms with Crippen LogP contribution >= 0.6 is 44.8 Å². The molecule has 3 heterocycles. The molecule has 0 amide bonds. The normalized spacial score (nSPS) is 11.2. The highest BCUT2D eigenvalue weighted by molar-refractivity contribution is 14.1. The molecular formula is C51H55IN6OS2. The van der Waals surface area contributed by atoms with Gasteiger partial charge in [0.05, 0.1) is 23.2 Å². The van der Waals surface area contributed by atoms with Gasteiger partial charge in [-0.25, -0.2) is 15.0 Å². The first-order valence-corrected chi connectivity index (χ1v) is 24.5. The van der Waals surface area contributed by atoms with Gasteiger partial charge in [0.15, 0.2) is 0 Å². The molecule has 0 radical (unpaired) electrons. The lowest BCUT2D eigenvalue weighted by Crippen LogP contribution is -2.02. The van der Waals surface area contributed by atoms with Crippen molar-refractivity contribution in [3.05, 3.63) is 161 Å². The lowest BCUT2D eigenvalue weighted by Gasteiger charge is -2.10. The Hall–Kier alpha value is -5.17. The zero-order chi connectivity index (χ0) is 42.7. The first kappa shape index (κ1) is 45.4. The fourth-order valence-electron chi connectivity index (χ4n) is 6.64. The molecule has 10 heteroatoms. The molecule has 8 rings (SSSR count). The largest absolute Gasteiger partial charge is 0.492 e. The van der Waals surface area contributed by atoms with Gasteiger partial charge >= 0.3 is 0 Å². The summed E-state index contributed by atoms with van der Waals surface area (Å²) in [5.74, 6) is 10.1. The molecule has 3 N–H and O–H groups in total. The van der Waals surface area contributed by atoms with Gasteiger partial charge in [0, 0.05) is 54.9 Å². The van der Waals surface area contributed by atoms with E-state index in [1.54, 1.807) is 11.8 Å². The third kappa shape index (κ3) is 13.7. The maximum Gasteiger partial charge on any atom is 0.128 e. The molecule has 0 fully saturated rings. The number of nitrogens with zero attached hydrogens (tertiary/aromatic N) is 3. The van der Waals surface area contributed by atoms with Crippen molar-refractivity contribution in [1.29, 1.82) is 0 Å². The van der Waals surface area contributed by atoms with Gasteiger partial charge in [-0.2, -0.15) is 10.5 Å². The quantitative estimate of drug-likeness (QED) is 0.0382. The molecule has 314 valence electrons. The standard InChI is InChI=1S/C21H24N2S.C19H20N2OS.C11H11IN2/c1-3-22-21-15-14-19-17(9-7-13-20(19)23-21)10-8-16-24(2)18-11-5-4-6-12-18;1-2-20-19-12-11-16-17(21-19)9-6-10-18(16)22-13-14-23-15-7-4-3-5-8-15;1-2-13-11-7-6-8-9(12)4-3-5-10(8)14-11/h4-7,9,11-15H,2-3,8,10,16H2,1H3,(H,22,23);3-12H,2,13-14H2,1H3,(H,20,21);3-7H,2H2,1H3,(H,13,14). The van der Waals surface area contributed by atoms with E-state index in [1.165, 1.54) is 29.7 Å². The highest BCUT2D eigenvalue weighted by Gasteiger charge is 2.07. The Balaban J connectivity index is 0.000000158. The zero-order valence-electron chi connectivity index (χ0n) is 35.2. The van der Waals surface area contributed by atoms with Gasteiger partial charge < -0.3 is 20.7 Å². The average molecular weight is 959 g/mol. The second-order valence-corrected chi connectivity index (χ2v) is 18.1. The second kappa shape index (κ2) is 24.3. The first-order chi connectivity index (χ1) is 29.9. The lowest BCUT2D eigenvalue weighted by molar-refractivity contribution is 0.348. The number of ether oxygens (including phenoxy) is 1. The molecule has 5 aromatic carbocycles. The fraction of sp³-hybridized carbons (Fsp3) is 0.216. The lowest BCUT2D eigenvalue weighted by atomic mass is 10.0. The monoisotopic (exact) mass is 958 g/mol. The van der Waals surface area contributed by atoms with Crippen LogP contribution in [0.1, 0.15) is 32.8 Å². The Morgan fingerprint density at radius 1 is 0.574 bits per heavy atom. The van der Waals surface area contributed by atoms with Crippen molar-refractivity contribution in [2.75, 3.05) is 53.7 Å². The smallest absolute Gasteiger partial charge is 0.128 e. The number of halogens is 1. The fourth-order valence-corrected chi connectivity index (χ4v) is 9.33. The molecule has 7 nitrogen and oxygen atoms in total. The van der Waals surface area contributed by atoms with E-state index in [0.717, 1.165) is 89.1 Å². The predicted octanol–water partition coefficient (Wildman–Crippen LogP) is 13.5. The average Bonchev–Trinajstić information content (AvgIpc) is 3.29. The number of rotatable bonds is 16. The Labute approximate surface area is 381 Å². The minimum Gasteiger partial charge on any atom is -0.492 e. The number of thioether (sulfide) groups is 1. The summed E-state index contributed by atoms with van der Waals surface area (Å²) in [6.07, 6.45) is 2.22. The van der Waals surface area contributed by atoms with E-state index in [2.05, 4.69) is 178 Å². The molecule has 1 unspecified atom stereocenters. The highest BCUT2D eigenvalue weighted by atomic mass is 127. The van der Waals surface area contributed by atoms with Gasteiger partial charge in [0.2, 0.25) is 0 Å². The molecule has 8 aromatic rings. The molecule has 3 aromatic heterocycles. The van der Waals surface area contributed by atoms with Gasteiger partial charge in [-0.15, -0.1) is 11.8 Å². The number of anilines is 3. The molecule has 0 aliphatic heterocycles. The van der Waals surface area contributed by atoms with E-state index in [4.69, 9.17) is 9.72 Å². The number of nitrogens with one attached hydrogen (secondary N) is 3. The second-order valence-electron chi connectivity index (χ2n) is 13.9. The molecule has 0 bridgehead atoms. The topological polar surface area (TPSA) is 84.0 Å². The van der Waals surface area contributed by atoms with Crippen molar-refractivity contribution in [1.82, 2.24) is 15.0 Å². The number of benzene rings is 5. The SMILES string of the molecule is C=S(CCCc1cccc2nc(NCC)ccc12)c1ccccc1.CCNc1ccc2c(I)cccc2n1.CCNc1ccc2c(OCCSc3ccccc3)cccc2n1. The minimum absolute atomic E-state index is 0.0772. The third-order valence-corrected chi connectivity index (χ3v) is 13.2. The number of aromatic nitrogens is 3. The minimum atomic E-state index is 0.0772. The summed E-state index contributed by atoms with van der Waals surface area (Å²) in [6, 6.07) is 52.1. The van der Waals surface area contributed by atoms with Crippen molar-refractivity contribution >= 4 is 101 Å². The van der Waals surface area contributed by atoms with Crippen molar-refractivity contribution < 1.29 is 4.74 Å². The molecule has 61 heavy (non-hydrogen) atoms. The Morgan fingerprint density at radius 3 is 1.72 bits per heavy atom. The summed E-state index contributed by atoms with van der Waals surface area (Å²) in [5.41, 5.74) is 4.46. The van der Waals surface area contributed by atoms with Crippen molar-refractivity contribution in [2.45, 2.75) is 43.4 Å². The summed E-state index contributed by atoms with van der Waals surface area (Å²) in [6.45, 7) is 9.56. The maximum absolute atomic E-state index is 5.96. The number of pyridine rings is 3. The summed E-state index contributed by atoms with van der Waals surface area (Å²) >= 11 is 4.13. The van der Waals surface area contributed by atoms with E-state index >= 15 is 0 Å². The van der Waals surface area contributed by atoms with Crippen LogP contribution in [0, 0.1) is 3.57 Å². The van der Waals surface area contributed by atoms with Crippen LogP contribution < -0.4 is 20.7 Å². The van der Waals surface area contributed by atoms with Crippen LogP contribution in [-0.2, 0) is 6.42 Å². The van der Waals surface area contributed by atoms with Gasteiger partial charge in [0.25, 0.3) is 0 Å². The molecule has 0 aliphatic rings. The van der Waals surface area contributed by atoms with Crippen LogP contribution in [0.3, 0.4) is 0 Å². The number of hydrogen-bond donors (Lipinski definition) is 3. The summed E-state index contributed by atoms with van der Waals surface area (Å²) < 4.78 is 7.21. The van der Waals surface area contributed by atoms with Crippen molar-refractivity contribution in [2.24, 2.45) is 0 Å². The summed E-state index contributed by atoms with van der Waals surface area (Å²) in [4.78, 5) is 16.4. The van der Waals surface area contributed by atoms with Gasteiger partial charge in [-0.1, -0.05) is 66.5 Å².